The van der Waals surface area contributed by atoms with Crippen LogP contribution in [0.3, 0.4) is 0 Å². The summed E-state index contributed by atoms with van der Waals surface area (Å²) in [5, 5.41) is 11.0. The van der Waals surface area contributed by atoms with E-state index in [0.717, 1.165) is 18.4 Å². The Morgan fingerprint density at radius 2 is 2.23 bits per heavy atom. The second-order valence-corrected chi connectivity index (χ2v) is 6.20. The van der Waals surface area contributed by atoms with E-state index in [1.807, 2.05) is 24.3 Å². The Morgan fingerprint density at radius 3 is 3.00 bits per heavy atom. The fourth-order valence-electron chi connectivity index (χ4n) is 3.30. The van der Waals surface area contributed by atoms with E-state index >= 15 is 0 Å². The number of aryl methyl sites for hydroxylation is 1. The Bertz CT molecular complexity index is 932. The quantitative estimate of drug-likeness (QED) is 0.774. The first-order valence-corrected chi connectivity index (χ1v) is 8.47. The maximum Gasteiger partial charge on any atom is 0.272 e. The van der Waals surface area contributed by atoms with E-state index in [9.17, 15) is 4.79 Å². The minimum absolute atomic E-state index is 0.128. The number of ether oxygens (including phenoxy) is 1. The molecule has 134 valence electrons. The molecular formula is C18H19N5O3. The number of amides is 1. The highest BCUT2D eigenvalue weighted by Gasteiger charge is 2.35. The van der Waals surface area contributed by atoms with Gasteiger partial charge >= 0.3 is 0 Å². The molecule has 0 bridgehead atoms. The molecule has 1 aliphatic rings. The van der Waals surface area contributed by atoms with Gasteiger partial charge in [0.1, 0.15) is 17.5 Å². The Morgan fingerprint density at radius 1 is 1.38 bits per heavy atom. The molecule has 1 unspecified atom stereocenters. The van der Waals surface area contributed by atoms with Gasteiger partial charge in [-0.05, 0) is 38.0 Å². The van der Waals surface area contributed by atoms with Crippen LogP contribution in [0.15, 0.2) is 34.9 Å². The van der Waals surface area contributed by atoms with Gasteiger partial charge in [0.25, 0.3) is 5.91 Å². The number of benzene rings is 1. The molecule has 0 aliphatic carbocycles. The molecule has 1 N–H and O–H groups in total. The molecule has 4 rings (SSSR count). The normalized spacial score (nSPS) is 16.8. The number of carbonyl (C=O) groups is 1. The van der Waals surface area contributed by atoms with Gasteiger partial charge in [-0.3, -0.25) is 9.89 Å². The lowest BCUT2D eigenvalue weighted by molar-refractivity contribution is 0.0704. The first-order chi connectivity index (χ1) is 12.7. The summed E-state index contributed by atoms with van der Waals surface area (Å²) < 4.78 is 10.6. The van der Waals surface area contributed by atoms with Crippen molar-refractivity contribution in [2.24, 2.45) is 0 Å². The number of nitrogens with one attached hydrogen (secondary N) is 1. The van der Waals surface area contributed by atoms with Gasteiger partial charge in [-0.1, -0.05) is 17.3 Å². The summed E-state index contributed by atoms with van der Waals surface area (Å²) in [5.41, 5.74) is 1.92. The van der Waals surface area contributed by atoms with Crippen molar-refractivity contribution in [2.45, 2.75) is 25.8 Å². The summed E-state index contributed by atoms with van der Waals surface area (Å²) in [6, 6.07) is 9.12. The average molecular weight is 353 g/mol. The van der Waals surface area contributed by atoms with Crippen LogP contribution in [-0.4, -0.2) is 44.8 Å². The Kier molecular flexibility index (Phi) is 4.16. The Labute approximate surface area is 150 Å². The minimum Gasteiger partial charge on any atom is -0.496 e. The summed E-state index contributed by atoms with van der Waals surface area (Å²) in [6.07, 6.45) is 1.70. The molecule has 26 heavy (non-hydrogen) atoms. The fourth-order valence-corrected chi connectivity index (χ4v) is 3.30. The zero-order chi connectivity index (χ0) is 18.1. The molecular weight excluding hydrogens is 334 g/mol. The van der Waals surface area contributed by atoms with Crippen LogP contribution in [0.1, 0.15) is 41.1 Å². The molecule has 0 radical (unpaired) electrons. The molecule has 8 nitrogen and oxygen atoms in total. The first kappa shape index (κ1) is 16.3. The molecule has 1 aromatic carbocycles. The van der Waals surface area contributed by atoms with Crippen molar-refractivity contribution in [1.29, 1.82) is 0 Å². The van der Waals surface area contributed by atoms with Gasteiger partial charge in [0.15, 0.2) is 5.82 Å². The highest BCUT2D eigenvalue weighted by atomic mass is 16.5. The van der Waals surface area contributed by atoms with Crippen molar-refractivity contribution < 1.29 is 14.1 Å². The van der Waals surface area contributed by atoms with Crippen molar-refractivity contribution in [2.75, 3.05) is 13.7 Å². The van der Waals surface area contributed by atoms with Crippen molar-refractivity contribution in [1.82, 2.24) is 25.2 Å². The lowest BCUT2D eigenvalue weighted by atomic mass is 10.1. The molecule has 1 fully saturated rings. The first-order valence-electron chi connectivity index (χ1n) is 8.47. The zero-order valence-electron chi connectivity index (χ0n) is 14.6. The summed E-state index contributed by atoms with van der Waals surface area (Å²) in [4.78, 5) is 19.0. The average Bonchev–Trinajstić information content (AvgIpc) is 3.41. The van der Waals surface area contributed by atoms with Gasteiger partial charge in [0.05, 0.1) is 12.8 Å². The molecule has 3 aromatic rings. The molecule has 1 atom stereocenters. The molecule has 1 amide bonds. The van der Waals surface area contributed by atoms with Crippen LogP contribution in [-0.2, 0) is 0 Å². The number of methoxy groups -OCH3 is 1. The second kappa shape index (κ2) is 6.62. The number of rotatable bonds is 4. The van der Waals surface area contributed by atoms with E-state index in [1.54, 1.807) is 25.0 Å². The van der Waals surface area contributed by atoms with Crippen LogP contribution in [0.5, 0.6) is 5.75 Å². The number of aromatic nitrogens is 4. The van der Waals surface area contributed by atoms with Crippen LogP contribution in [0.4, 0.5) is 0 Å². The number of carbonyl (C=O) groups excluding carboxylic acids is 1. The van der Waals surface area contributed by atoms with Crippen molar-refractivity contribution in [3.05, 3.63) is 47.7 Å². The van der Waals surface area contributed by atoms with Gasteiger partial charge in [0.2, 0.25) is 5.89 Å². The van der Waals surface area contributed by atoms with Gasteiger partial charge in [-0.15, -0.1) is 0 Å². The lowest BCUT2D eigenvalue weighted by Gasteiger charge is -2.20. The molecule has 0 saturated carbocycles. The number of hydrogen-bond acceptors (Lipinski definition) is 6. The van der Waals surface area contributed by atoms with Crippen LogP contribution in [0.25, 0.3) is 11.3 Å². The zero-order valence-corrected chi connectivity index (χ0v) is 14.6. The van der Waals surface area contributed by atoms with Gasteiger partial charge in [-0.2, -0.15) is 10.1 Å². The molecule has 0 spiro atoms. The number of aromatic amines is 1. The number of H-pyrrole nitrogens is 1. The standard InChI is InChI=1S/C18H19N5O3/c1-11-19-17(26-22-11)15-7-5-9-23(15)18(24)14-10-13(20-21-14)12-6-3-4-8-16(12)25-2/h3-4,6,8,10,15H,5,7,9H2,1-2H3,(H,20,21). The Hall–Kier alpha value is -3.16. The third-order valence-electron chi connectivity index (χ3n) is 4.53. The van der Waals surface area contributed by atoms with Crippen LogP contribution in [0.2, 0.25) is 0 Å². The molecule has 1 aliphatic heterocycles. The van der Waals surface area contributed by atoms with Crippen LogP contribution < -0.4 is 4.74 Å². The minimum atomic E-state index is -0.193. The summed E-state index contributed by atoms with van der Waals surface area (Å²) >= 11 is 0. The monoisotopic (exact) mass is 353 g/mol. The topological polar surface area (TPSA) is 97.1 Å². The van der Waals surface area contributed by atoms with Crippen LogP contribution in [0, 0.1) is 6.92 Å². The smallest absolute Gasteiger partial charge is 0.272 e. The number of para-hydroxylation sites is 1. The Balaban J connectivity index is 1.60. The fraction of sp³-hybridized carbons (Fsp3) is 0.333. The summed E-state index contributed by atoms with van der Waals surface area (Å²) in [7, 11) is 1.61. The largest absolute Gasteiger partial charge is 0.496 e. The molecule has 3 heterocycles. The van der Waals surface area contributed by atoms with Crippen molar-refractivity contribution in [3.8, 4) is 17.0 Å². The highest BCUT2D eigenvalue weighted by molar-refractivity contribution is 5.94. The number of hydrogen-bond donors (Lipinski definition) is 1. The highest BCUT2D eigenvalue weighted by Crippen LogP contribution is 2.33. The van der Waals surface area contributed by atoms with Gasteiger partial charge < -0.3 is 14.2 Å². The number of likely N-dealkylation sites (tertiary alicyclic amines) is 1. The van der Waals surface area contributed by atoms with Crippen molar-refractivity contribution in [3.63, 3.8) is 0 Å². The van der Waals surface area contributed by atoms with E-state index in [2.05, 4.69) is 20.3 Å². The third kappa shape index (κ3) is 2.83. The maximum absolute atomic E-state index is 13.0. The SMILES string of the molecule is COc1ccccc1-c1cc(C(=O)N2CCCC2c2nc(C)no2)[nH]n1. The number of nitrogens with zero attached hydrogens (tertiary/aromatic N) is 4. The molecule has 8 heteroatoms. The van der Waals surface area contributed by atoms with Crippen molar-refractivity contribution >= 4 is 5.91 Å². The van der Waals surface area contributed by atoms with Gasteiger partial charge in [-0.25, -0.2) is 0 Å². The predicted molar refractivity (Wildman–Crippen MR) is 92.6 cm³/mol. The lowest BCUT2D eigenvalue weighted by Crippen LogP contribution is -2.31. The summed E-state index contributed by atoms with van der Waals surface area (Å²) in [5.74, 6) is 1.63. The van der Waals surface area contributed by atoms with E-state index < -0.39 is 0 Å². The third-order valence-corrected chi connectivity index (χ3v) is 4.53. The second-order valence-electron chi connectivity index (χ2n) is 6.20. The maximum atomic E-state index is 13.0. The summed E-state index contributed by atoms with van der Waals surface area (Å²) in [6.45, 7) is 2.41. The molecule has 2 aromatic heterocycles. The van der Waals surface area contributed by atoms with Crippen LogP contribution >= 0.6 is 0 Å². The predicted octanol–water partition coefficient (Wildman–Crippen LogP) is 2.75. The molecule has 1 saturated heterocycles. The van der Waals surface area contributed by atoms with E-state index in [4.69, 9.17) is 9.26 Å². The van der Waals surface area contributed by atoms with E-state index in [1.165, 1.54) is 0 Å². The van der Waals surface area contributed by atoms with E-state index in [0.29, 0.717) is 35.4 Å². The van der Waals surface area contributed by atoms with Gasteiger partial charge in [0, 0.05) is 12.1 Å². The van der Waals surface area contributed by atoms with E-state index in [-0.39, 0.29) is 11.9 Å².